The van der Waals surface area contributed by atoms with Crippen molar-refractivity contribution >= 4 is 0 Å². The summed E-state index contributed by atoms with van der Waals surface area (Å²) >= 11 is 0. The summed E-state index contributed by atoms with van der Waals surface area (Å²) in [6.07, 6.45) is 2.25. The van der Waals surface area contributed by atoms with Gasteiger partial charge in [-0.15, -0.1) is 0 Å². The molecular weight excluding hydrogens is 290 g/mol. The number of alkyl halides is 2. The molecule has 0 saturated carbocycles. The summed E-state index contributed by atoms with van der Waals surface area (Å²) in [5, 5.41) is 3.31. The fourth-order valence-electron chi connectivity index (χ4n) is 2.75. The van der Waals surface area contributed by atoms with E-state index in [1.807, 2.05) is 20.0 Å². The van der Waals surface area contributed by atoms with Gasteiger partial charge in [0.15, 0.2) is 11.5 Å². The molecular formula is C16H24F2N2O2. The van der Waals surface area contributed by atoms with Crippen LogP contribution < -0.4 is 14.8 Å². The van der Waals surface area contributed by atoms with Crippen molar-refractivity contribution < 1.29 is 18.3 Å². The first-order valence-corrected chi connectivity index (χ1v) is 7.72. The molecule has 1 heterocycles. The van der Waals surface area contributed by atoms with E-state index in [2.05, 4.69) is 15.0 Å². The molecule has 22 heavy (non-hydrogen) atoms. The van der Waals surface area contributed by atoms with Crippen LogP contribution in [0.5, 0.6) is 11.5 Å². The minimum absolute atomic E-state index is 0.0921. The number of nitrogens with one attached hydrogen (secondary N) is 1. The average Bonchev–Trinajstić information content (AvgIpc) is 2.50. The third-order valence-corrected chi connectivity index (χ3v) is 3.93. The summed E-state index contributed by atoms with van der Waals surface area (Å²) in [6, 6.07) is 5.78. The molecule has 1 aromatic carbocycles. The van der Waals surface area contributed by atoms with Crippen molar-refractivity contribution in [2.24, 2.45) is 0 Å². The van der Waals surface area contributed by atoms with E-state index in [1.165, 1.54) is 0 Å². The third-order valence-electron chi connectivity index (χ3n) is 3.93. The first kappa shape index (κ1) is 17.0. The van der Waals surface area contributed by atoms with E-state index in [4.69, 9.17) is 4.74 Å². The highest BCUT2D eigenvalue weighted by atomic mass is 19.3. The lowest BCUT2D eigenvalue weighted by Crippen LogP contribution is -2.40. The quantitative estimate of drug-likeness (QED) is 0.839. The van der Waals surface area contributed by atoms with Crippen LogP contribution in [0.2, 0.25) is 0 Å². The highest BCUT2D eigenvalue weighted by molar-refractivity contribution is 5.43. The van der Waals surface area contributed by atoms with Gasteiger partial charge in [-0.05, 0) is 57.6 Å². The Hall–Kier alpha value is -1.40. The largest absolute Gasteiger partial charge is 0.490 e. The molecule has 0 spiro atoms. The molecule has 0 unspecified atom stereocenters. The van der Waals surface area contributed by atoms with Crippen molar-refractivity contribution in [3.63, 3.8) is 0 Å². The molecule has 124 valence electrons. The summed E-state index contributed by atoms with van der Waals surface area (Å²) in [6.45, 7) is 2.25. The molecule has 4 nitrogen and oxygen atoms in total. The van der Waals surface area contributed by atoms with Crippen LogP contribution in [-0.4, -0.2) is 44.3 Å². The monoisotopic (exact) mass is 314 g/mol. The predicted molar refractivity (Wildman–Crippen MR) is 81.6 cm³/mol. The zero-order chi connectivity index (χ0) is 15.9. The van der Waals surface area contributed by atoms with Crippen LogP contribution in [0, 0.1) is 0 Å². The number of hydrogen-bond donors (Lipinski definition) is 1. The first-order valence-electron chi connectivity index (χ1n) is 7.72. The maximum Gasteiger partial charge on any atom is 0.387 e. The lowest BCUT2D eigenvalue weighted by Gasteiger charge is -2.31. The molecule has 0 aliphatic carbocycles. The van der Waals surface area contributed by atoms with E-state index in [0.717, 1.165) is 38.0 Å². The van der Waals surface area contributed by atoms with E-state index in [0.29, 0.717) is 18.4 Å². The Morgan fingerprint density at radius 1 is 1.27 bits per heavy atom. The maximum absolute atomic E-state index is 12.4. The second-order valence-electron chi connectivity index (χ2n) is 5.43. The Bertz CT molecular complexity index is 463. The molecule has 1 aliphatic heterocycles. The van der Waals surface area contributed by atoms with Gasteiger partial charge in [0.25, 0.3) is 0 Å². The van der Waals surface area contributed by atoms with Crippen molar-refractivity contribution in [1.82, 2.24) is 10.2 Å². The number of hydrogen-bond acceptors (Lipinski definition) is 4. The number of halogens is 2. The van der Waals surface area contributed by atoms with E-state index in [1.54, 1.807) is 12.1 Å². The van der Waals surface area contributed by atoms with Gasteiger partial charge in [0, 0.05) is 12.6 Å². The minimum Gasteiger partial charge on any atom is -0.490 e. The Balaban J connectivity index is 2.00. The molecule has 1 aliphatic rings. The van der Waals surface area contributed by atoms with Crippen LogP contribution in [0.25, 0.3) is 0 Å². The molecule has 6 heteroatoms. The first-order chi connectivity index (χ1) is 10.6. The second kappa shape index (κ2) is 8.29. The molecule has 0 amide bonds. The Kier molecular flexibility index (Phi) is 6.39. The van der Waals surface area contributed by atoms with Gasteiger partial charge in [-0.1, -0.05) is 6.07 Å². The van der Waals surface area contributed by atoms with Crippen LogP contribution in [-0.2, 0) is 6.54 Å². The summed E-state index contributed by atoms with van der Waals surface area (Å²) in [5.74, 6) is 0.472. The summed E-state index contributed by atoms with van der Waals surface area (Å²) in [5.41, 5.74) is 1.05. The number of likely N-dealkylation sites (tertiary alicyclic amines) is 1. The molecule has 1 N–H and O–H groups in total. The zero-order valence-corrected chi connectivity index (χ0v) is 13.1. The number of nitrogens with zero attached hydrogens (tertiary/aromatic N) is 1. The van der Waals surface area contributed by atoms with Crippen LogP contribution in [0.3, 0.4) is 0 Å². The number of ether oxygens (including phenoxy) is 2. The van der Waals surface area contributed by atoms with E-state index in [9.17, 15) is 8.78 Å². The highest BCUT2D eigenvalue weighted by Gasteiger charge is 2.18. The third kappa shape index (κ3) is 4.81. The van der Waals surface area contributed by atoms with Gasteiger partial charge < -0.3 is 14.8 Å². The molecule has 1 aromatic rings. The van der Waals surface area contributed by atoms with Gasteiger partial charge in [0.05, 0.1) is 6.61 Å². The molecule has 0 atom stereocenters. The molecule has 1 fully saturated rings. The minimum atomic E-state index is -2.84. The number of piperidine rings is 1. The molecule has 0 radical (unpaired) electrons. The van der Waals surface area contributed by atoms with Gasteiger partial charge in [0.1, 0.15) is 0 Å². The lowest BCUT2D eigenvalue weighted by atomic mass is 10.0. The van der Waals surface area contributed by atoms with Crippen molar-refractivity contribution in [2.45, 2.75) is 39.0 Å². The molecule has 1 saturated heterocycles. The normalized spacial score (nSPS) is 17.0. The van der Waals surface area contributed by atoms with Gasteiger partial charge in [-0.2, -0.15) is 8.78 Å². The van der Waals surface area contributed by atoms with Crippen molar-refractivity contribution in [3.8, 4) is 11.5 Å². The summed E-state index contributed by atoms with van der Waals surface area (Å²) in [7, 11) is 2.00. The zero-order valence-electron chi connectivity index (χ0n) is 13.1. The van der Waals surface area contributed by atoms with Crippen molar-refractivity contribution in [2.75, 3.05) is 26.7 Å². The molecule has 0 bridgehead atoms. The second-order valence-corrected chi connectivity index (χ2v) is 5.43. The molecule has 2 rings (SSSR count). The van der Waals surface area contributed by atoms with Gasteiger partial charge in [0.2, 0.25) is 0 Å². The summed E-state index contributed by atoms with van der Waals surface area (Å²) in [4.78, 5) is 2.37. The fourth-order valence-corrected chi connectivity index (χ4v) is 2.75. The van der Waals surface area contributed by atoms with E-state index in [-0.39, 0.29) is 5.75 Å². The van der Waals surface area contributed by atoms with Gasteiger partial charge in [-0.25, -0.2) is 0 Å². The molecule has 0 aromatic heterocycles. The van der Waals surface area contributed by atoms with Crippen molar-refractivity contribution in [3.05, 3.63) is 23.8 Å². The van der Waals surface area contributed by atoms with Crippen LogP contribution >= 0.6 is 0 Å². The van der Waals surface area contributed by atoms with Crippen LogP contribution in [0.4, 0.5) is 8.78 Å². The van der Waals surface area contributed by atoms with Crippen LogP contribution in [0.1, 0.15) is 25.3 Å². The van der Waals surface area contributed by atoms with Gasteiger partial charge in [-0.3, -0.25) is 4.90 Å². The van der Waals surface area contributed by atoms with Gasteiger partial charge >= 0.3 is 6.61 Å². The Labute approximate surface area is 130 Å². The fraction of sp³-hybridized carbons (Fsp3) is 0.625. The smallest absolute Gasteiger partial charge is 0.387 e. The average molecular weight is 314 g/mol. The predicted octanol–water partition coefficient (Wildman–Crippen LogP) is 2.87. The number of rotatable bonds is 7. The maximum atomic E-state index is 12.4. The topological polar surface area (TPSA) is 33.7 Å². The SMILES string of the molecule is CCOc1cc(CN2CCC(NC)CC2)ccc1OC(F)F. The standard InChI is InChI=1S/C16H24F2N2O2/c1-3-21-15-10-12(4-5-14(15)22-16(17)18)11-20-8-6-13(19-2)7-9-20/h4-5,10,13,16,19H,3,6-9,11H2,1-2H3. The van der Waals surface area contributed by atoms with E-state index >= 15 is 0 Å². The lowest BCUT2D eigenvalue weighted by molar-refractivity contribution is -0.0514. The Morgan fingerprint density at radius 2 is 2.00 bits per heavy atom. The van der Waals surface area contributed by atoms with E-state index < -0.39 is 6.61 Å². The summed E-state index contributed by atoms with van der Waals surface area (Å²) < 4.78 is 34.7. The van der Waals surface area contributed by atoms with Crippen molar-refractivity contribution in [1.29, 1.82) is 0 Å². The number of benzene rings is 1. The highest BCUT2D eigenvalue weighted by Crippen LogP contribution is 2.30. The van der Waals surface area contributed by atoms with Crippen LogP contribution in [0.15, 0.2) is 18.2 Å². The Morgan fingerprint density at radius 3 is 2.59 bits per heavy atom.